The van der Waals surface area contributed by atoms with E-state index in [1.54, 1.807) is 43.4 Å². The molecule has 0 spiro atoms. The van der Waals surface area contributed by atoms with Gasteiger partial charge in [0.1, 0.15) is 23.2 Å². The first kappa shape index (κ1) is 38.9. The summed E-state index contributed by atoms with van der Waals surface area (Å²) in [6, 6.07) is 10.2. The molecule has 6 heterocycles. The average molecular weight is 792 g/mol. The second-order valence-electron chi connectivity index (χ2n) is 15.4. The van der Waals surface area contributed by atoms with Crippen LogP contribution in [-0.2, 0) is 14.3 Å². The quantitative estimate of drug-likeness (QED) is 0.125. The number of carbonyl (C=O) groups excluding carboxylic acids is 5. The lowest BCUT2D eigenvalue weighted by Crippen LogP contribution is -2.54. The third kappa shape index (κ3) is 7.96. The number of benzene rings is 1. The lowest BCUT2D eigenvalue weighted by Gasteiger charge is -2.36. The van der Waals surface area contributed by atoms with Crippen LogP contribution < -0.4 is 20.9 Å². The monoisotopic (exact) mass is 791 g/mol. The number of hydrogen-bond donors (Lipinski definition) is 3. The van der Waals surface area contributed by atoms with Crippen LogP contribution in [0, 0.1) is 0 Å². The van der Waals surface area contributed by atoms with Crippen molar-refractivity contribution >= 4 is 63.7 Å². The number of anilines is 4. The number of ether oxygens (including phenoxy) is 1. The van der Waals surface area contributed by atoms with E-state index in [0.717, 1.165) is 86.4 Å². The zero-order chi connectivity index (χ0) is 40.3. The summed E-state index contributed by atoms with van der Waals surface area (Å²) in [6.45, 7) is 5.98. The molecule has 0 radical (unpaired) electrons. The lowest BCUT2D eigenvalue weighted by atomic mass is 10.0. The molecule has 8 rings (SSSR count). The summed E-state index contributed by atoms with van der Waals surface area (Å²) in [6.07, 6.45) is 9.06. The molecule has 304 valence electrons. The minimum atomic E-state index is -1.00. The van der Waals surface area contributed by atoms with Gasteiger partial charge in [0.05, 0.1) is 29.6 Å². The van der Waals surface area contributed by atoms with Crippen molar-refractivity contribution in [3.05, 3.63) is 65.6 Å². The molecule has 3 fully saturated rings. The van der Waals surface area contributed by atoms with Crippen LogP contribution in [0.15, 0.2) is 48.8 Å². The van der Waals surface area contributed by atoms with Gasteiger partial charge in [-0.25, -0.2) is 9.97 Å². The molecule has 4 aromatic rings. The van der Waals surface area contributed by atoms with E-state index in [1.165, 1.54) is 0 Å². The summed E-state index contributed by atoms with van der Waals surface area (Å²) >= 11 is 0. The van der Waals surface area contributed by atoms with E-state index >= 15 is 0 Å². The Morgan fingerprint density at radius 3 is 2.50 bits per heavy atom. The zero-order valence-electron chi connectivity index (χ0n) is 32.9. The van der Waals surface area contributed by atoms with Crippen molar-refractivity contribution in [3.8, 4) is 0 Å². The highest BCUT2D eigenvalue weighted by atomic mass is 16.5. The van der Waals surface area contributed by atoms with Crippen LogP contribution in [0.4, 0.5) is 23.1 Å². The molecule has 3 N–H and O–H groups in total. The number of hydrogen-bond acceptors (Lipinski definition) is 13. The van der Waals surface area contributed by atoms with Crippen LogP contribution in [0.5, 0.6) is 0 Å². The molecule has 1 atom stereocenters. The normalized spacial score (nSPS) is 18.9. The Balaban J connectivity index is 0.762. The van der Waals surface area contributed by atoms with E-state index < -0.39 is 29.7 Å². The fraction of sp³-hybridized carbons (Fsp3) is 0.463. The summed E-state index contributed by atoms with van der Waals surface area (Å²) in [7, 11) is 3.54. The van der Waals surface area contributed by atoms with Gasteiger partial charge in [0.2, 0.25) is 17.8 Å². The average Bonchev–Trinajstić information content (AvgIpc) is 3.95. The van der Waals surface area contributed by atoms with E-state index in [9.17, 15) is 24.0 Å². The first-order chi connectivity index (χ1) is 28.2. The summed E-state index contributed by atoms with van der Waals surface area (Å²) in [4.78, 5) is 84.8. The Bertz CT molecular complexity index is 2210. The molecular weight excluding hydrogens is 743 g/mol. The number of fused-ring (bicyclic) bond motifs is 2. The van der Waals surface area contributed by atoms with Crippen molar-refractivity contribution in [3.63, 3.8) is 0 Å². The van der Waals surface area contributed by atoms with Gasteiger partial charge in [-0.2, -0.15) is 4.98 Å². The van der Waals surface area contributed by atoms with E-state index in [1.807, 2.05) is 18.3 Å². The van der Waals surface area contributed by atoms with Gasteiger partial charge in [-0.1, -0.05) is 18.9 Å². The van der Waals surface area contributed by atoms with Gasteiger partial charge >= 0.3 is 0 Å². The predicted octanol–water partition coefficient (Wildman–Crippen LogP) is 3.43. The fourth-order valence-corrected chi connectivity index (χ4v) is 8.40. The van der Waals surface area contributed by atoms with Gasteiger partial charge in [-0.05, 0) is 56.0 Å². The van der Waals surface area contributed by atoms with Gasteiger partial charge in [0, 0.05) is 89.7 Å². The zero-order valence-corrected chi connectivity index (χ0v) is 32.9. The minimum absolute atomic E-state index is 0.0364. The minimum Gasteiger partial charge on any atom is -0.382 e. The van der Waals surface area contributed by atoms with Crippen LogP contribution in [0.1, 0.15) is 82.2 Å². The molecule has 1 aliphatic carbocycles. The van der Waals surface area contributed by atoms with Gasteiger partial charge in [-0.15, -0.1) is 0 Å². The number of piperazine rings is 1. The van der Waals surface area contributed by atoms with Crippen molar-refractivity contribution in [2.45, 2.75) is 57.0 Å². The third-order valence-corrected chi connectivity index (χ3v) is 11.4. The van der Waals surface area contributed by atoms with Crippen LogP contribution >= 0.6 is 0 Å². The van der Waals surface area contributed by atoms with Crippen molar-refractivity contribution < 1.29 is 28.7 Å². The van der Waals surface area contributed by atoms with E-state index in [4.69, 9.17) is 9.72 Å². The lowest BCUT2D eigenvalue weighted by molar-refractivity contribution is -0.136. The predicted molar refractivity (Wildman–Crippen MR) is 216 cm³/mol. The maximum atomic E-state index is 13.3. The van der Waals surface area contributed by atoms with Gasteiger partial charge in [0.25, 0.3) is 17.7 Å². The number of carbonyl (C=O) groups is 5. The number of rotatable bonds is 14. The number of aromatic nitrogens is 4. The fourth-order valence-electron chi connectivity index (χ4n) is 8.40. The Kier molecular flexibility index (Phi) is 11.3. The van der Waals surface area contributed by atoms with Gasteiger partial charge < -0.3 is 29.7 Å². The Hall–Kier alpha value is -5.94. The first-order valence-electron chi connectivity index (χ1n) is 20.1. The number of nitrogens with one attached hydrogen (secondary N) is 3. The number of nitrogens with zero attached hydrogens (tertiary/aromatic N) is 8. The first-order valence-corrected chi connectivity index (χ1v) is 20.1. The van der Waals surface area contributed by atoms with Gasteiger partial charge in [0.15, 0.2) is 0 Å². The summed E-state index contributed by atoms with van der Waals surface area (Å²) in [5, 5.41) is 9.54. The highest BCUT2D eigenvalue weighted by Gasteiger charge is 2.45. The molecule has 2 saturated heterocycles. The SMILES string of the molecule is CN(C)C(=O)c1cc2cnc(Nc3ccc(N4CCN(CCCOCCNc5cccc6c5C(=O)N(C5CCC(=O)NC5=O)C6=O)CC4)cn3)nc2n1C1CCCC1. The van der Waals surface area contributed by atoms with E-state index in [-0.39, 0.29) is 35.9 Å². The summed E-state index contributed by atoms with van der Waals surface area (Å²) in [5.74, 6) is -1.05. The second-order valence-corrected chi connectivity index (χ2v) is 15.4. The number of imide groups is 2. The van der Waals surface area contributed by atoms with E-state index in [2.05, 4.69) is 46.4 Å². The highest BCUT2D eigenvalue weighted by Crippen LogP contribution is 2.35. The number of pyridine rings is 1. The molecule has 58 heavy (non-hydrogen) atoms. The maximum absolute atomic E-state index is 13.3. The van der Waals surface area contributed by atoms with Crippen molar-refractivity contribution in [2.75, 3.05) is 82.1 Å². The van der Waals surface area contributed by atoms with Crippen LogP contribution in [0.3, 0.4) is 0 Å². The van der Waals surface area contributed by atoms with Crippen molar-refractivity contribution in [1.82, 2.24) is 39.5 Å². The molecule has 1 aromatic carbocycles. The van der Waals surface area contributed by atoms with Crippen LogP contribution in [0.25, 0.3) is 11.0 Å². The van der Waals surface area contributed by atoms with Crippen LogP contribution in [0.2, 0.25) is 0 Å². The second kappa shape index (κ2) is 16.9. The molecular formula is C41H49N11O6. The molecule has 1 unspecified atom stereocenters. The smallest absolute Gasteiger partial charge is 0.270 e. The van der Waals surface area contributed by atoms with E-state index in [0.29, 0.717) is 42.9 Å². The summed E-state index contributed by atoms with van der Waals surface area (Å²) < 4.78 is 7.99. The van der Waals surface area contributed by atoms with Gasteiger partial charge in [-0.3, -0.25) is 39.1 Å². The Morgan fingerprint density at radius 1 is 0.948 bits per heavy atom. The molecule has 0 bridgehead atoms. The molecule has 4 aliphatic rings. The molecule has 3 aromatic heterocycles. The van der Waals surface area contributed by atoms with Crippen LogP contribution in [-0.4, -0.2) is 136 Å². The molecule has 17 heteroatoms. The highest BCUT2D eigenvalue weighted by molar-refractivity contribution is 6.25. The number of piperidine rings is 1. The third-order valence-electron chi connectivity index (χ3n) is 11.4. The molecule has 1 saturated carbocycles. The van der Waals surface area contributed by atoms with Crippen molar-refractivity contribution in [2.24, 2.45) is 0 Å². The molecule has 17 nitrogen and oxygen atoms in total. The largest absolute Gasteiger partial charge is 0.382 e. The maximum Gasteiger partial charge on any atom is 0.270 e. The topological polar surface area (TPSA) is 187 Å². The Morgan fingerprint density at radius 2 is 1.76 bits per heavy atom. The van der Waals surface area contributed by atoms with Crippen molar-refractivity contribution in [1.29, 1.82) is 0 Å². The molecule has 3 aliphatic heterocycles. The standard InChI is InChI=1S/C41H49N11O6/c1-48(2)39(56)32-23-26-24-44-41(47-36(26)51(32)27-7-3-4-8-27)45-33-13-11-28(25-43-33)50-19-17-49(18-20-50)16-6-21-58-22-15-42-30-10-5-9-29-35(30)40(57)52(38(29)55)31-12-14-34(53)46-37(31)54/h5,9-11,13,23-25,27,31,42H,3-4,6-8,12,14-22H2,1-2H3,(H,46,53,54)(H,43,44,45,47). The molecule has 5 amide bonds. The Labute approximate surface area is 336 Å². The number of amides is 5. The summed E-state index contributed by atoms with van der Waals surface area (Å²) in [5.41, 5.74) is 3.46.